The maximum atomic E-state index is 11.3. The summed E-state index contributed by atoms with van der Waals surface area (Å²) in [6.45, 7) is 2.78. The van der Waals surface area contributed by atoms with Crippen LogP contribution in [0.5, 0.6) is 0 Å². The van der Waals surface area contributed by atoms with Crippen LogP contribution in [-0.4, -0.2) is 18.5 Å². The standard InChI is InChI=1S/C11H22N2O/c1-9(12)5-6-11(14)13-8-7-10-3-2-4-10/h9-10H,2-8,12H2,1H3,(H,13,14). The fraction of sp³-hybridized carbons (Fsp3) is 0.909. The second kappa shape index (κ2) is 6.02. The van der Waals surface area contributed by atoms with Crippen LogP contribution in [0.3, 0.4) is 0 Å². The Kier molecular flexibility index (Phi) is 4.94. The van der Waals surface area contributed by atoms with Crippen LogP contribution in [-0.2, 0) is 4.79 Å². The van der Waals surface area contributed by atoms with E-state index in [1.54, 1.807) is 0 Å². The Morgan fingerprint density at radius 2 is 2.29 bits per heavy atom. The number of rotatable bonds is 6. The Labute approximate surface area is 86.4 Å². The maximum Gasteiger partial charge on any atom is 0.220 e. The molecule has 1 aliphatic carbocycles. The van der Waals surface area contributed by atoms with Crippen molar-refractivity contribution in [3.8, 4) is 0 Å². The largest absolute Gasteiger partial charge is 0.356 e. The van der Waals surface area contributed by atoms with E-state index in [0.717, 1.165) is 25.3 Å². The van der Waals surface area contributed by atoms with Gasteiger partial charge in [-0.3, -0.25) is 4.79 Å². The second-order valence-electron chi connectivity index (χ2n) is 4.45. The topological polar surface area (TPSA) is 55.1 Å². The van der Waals surface area contributed by atoms with E-state index < -0.39 is 0 Å². The molecule has 0 aromatic carbocycles. The molecule has 1 fully saturated rings. The lowest BCUT2D eigenvalue weighted by Crippen LogP contribution is -2.28. The number of hydrogen-bond donors (Lipinski definition) is 2. The van der Waals surface area contributed by atoms with E-state index in [4.69, 9.17) is 5.73 Å². The molecule has 3 heteroatoms. The van der Waals surface area contributed by atoms with Crippen molar-refractivity contribution in [1.29, 1.82) is 0 Å². The molecule has 1 amide bonds. The Morgan fingerprint density at radius 1 is 1.57 bits per heavy atom. The van der Waals surface area contributed by atoms with Crippen LogP contribution in [0.4, 0.5) is 0 Å². The summed E-state index contributed by atoms with van der Waals surface area (Å²) in [5.74, 6) is 1.03. The van der Waals surface area contributed by atoms with Crippen molar-refractivity contribution in [3.63, 3.8) is 0 Å². The van der Waals surface area contributed by atoms with Gasteiger partial charge in [0.05, 0.1) is 0 Å². The second-order valence-corrected chi connectivity index (χ2v) is 4.45. The third kappa shape index (κ3) is 4.61. The van der Waals surface area contributed by atoms with Crippen molar-refractivity contribution >= 4 is 5.91 Å². The Bertz CT molecular complexity index is 176. The molecule has 0 spiro atoms. The van der Waals surface area contributed by atoms with Gasteiger partial charge in [0.2, 0.25) is 5.91 Å². The van der Waals surface area contributed by atoms with Gasteiger partial charge in [-0.2, -0.15) is 0 Å². The smallest absolute Gasteiger partial charge is 0.220 e. The highest BCUT2D eigenvalue weighted by Gasteiger charge is 2.16. The molecule has 1 atom stereocenters. The third-order valence-electron chi connectivity index (χ3n) is 2.93. The minimum atomic E-state index is 0.132. The SMILES string of the molecule is CC(N)CCC(=O)NCCC1CCC1. The predicted molar refractivity (Wildman–Crippen MR) is 57.9 cm³/mol. The van der Waals surface area contributed by atoms with Crippen molar-refractivity contribution in [2.45, 2.75) is 51.5 Å². The monoisotopic (exact) mass is 198 g/mol. The van der Waals surface area contributed by atoms with Crippen LogP contribution in [0.15, 0.2) is 0 Å². The predicted octanol–water partition coefficient (Wildman–Crippen LogP) is 1.42. The number of amides is 1. The first kappa shape index (κ1) is 11.5. The van der Waals surface area contributed by atoms with Crippen LogP contribution in [0, 0.1) is 5.92 Å². The summed E-state index contributed by atoms with van der Waals surface area (Å²) >= 11 is 0. The number of nitrogens with one attached hydrogen (secondary N) is 1. The van der Waals surface area contributed by atoms with E-state index >= 15 is 0 Å². The van der Waals surface area contributed by atoms with Gasteiger partial charge in [0.1, 0.15) is 0 Å². The molecule has 82 valence electrons. The molecule has 0 bridgehead atoms. The minimum Gasteiger partial charge on any atom is -0.356 e. The Morgan fingerprint density at radius 3 is 2.79 bits per heavy atom. The van der Waals surface area contributed by atoms with Gasteiger partial charge in [-0.25, -0.2) is 0 Å². The molecule has 0 aromatic rings. The number of nitrogens with two attached hydrogens (primary N) is 1. The van der Waals surface area contributed by atoms with E-state index in [1.807, 2.05) is 6.92 Å². The van der Waals surface area contributed by atoms with Crippen molar-refractivity contribution in [2.24, 2.45) is 11.7 Å². The summed E-state index contributed by atoms with van der Waals surface area (Å²) in [7, 11) is 0. The lowest BCUT2D eigenvalue weighted by molar-refractivity contribution is -0.121. The van der Waals surface area contributed by atoms with E-state index in [1.165, 1.54) is 19.3 Å². The highest BCUT2D eigenvalue weighted by atomic mass is 16.1. The zero-order chi connectivity index (χ0) is 10.4. The molecule has 3 nitrogen and oxygen atoms in total. The average Bonchev–Trinajstić information content (AvgIpc) is 2.06. The summed E-state index contributed by atoms with van der Waals surface area (Å²) in [5.41, 5.74) is 5.57. The van der Waals surface area contributed by atoms with Gasteiger partial charge in [0.15, 0.2) is 0 Å². The molecule has 1 saturated carbocycles. The molecular weight excluding hydrogens is 176 g/mol. The molecule has 1 aliphatic rings. The first-order valence-electron chi connectivity index (χ1n) is 5.70. The van der Waals surface area contributed by atoms with Crippen LogP contribution in [0.2, 0.25) is 0 Å². The molecular formula is C11H22N2O. The van der Waals surface area contributed by atoms with Crippen molar-refractivity contribution in [1.82, 2.24) is 5.32 Å². The lowest BCUT2D eigenvalue weighted by atomic mass is 9.83. The van der Waals surface area contributed by atoms with Gasteiger partial charge in [0.25, 0.3) is 0 Å². The fourth-order valence-electron chi connectivity index (χ4n) is 1.64. The Hall–Kier alpha value is -0.570. The molecule has 14 heavy (non-hydrogen) atoms. The molecule has 0 radical (unpaired) electrons. The quantitative estimate of drug-likeness (QED) is 0.678. The number of carbonyl (C=O) groups is 1. The van der Waals surface area contributed by atoms with E-state index in [0.29, 0.717) is 6.42 Å². The summed E-state index contributed by atoms with van der Waals surface area (Å²) in [6.07, 6.45) is 6.61. The van der Waals surface area contributed by atoms with Gasteiger partial charge in [-0.15, -0.1) is 0 Å². The highest BCUT2D eigenvalue weighted by Crippen LogP contribution is 2.28. The summed E-state index contributed by atoms with van der Waals surface area (Å²) in [5, 5.41) is 2.94. The summed E-state index contributed by atoms with van der Waals surface area (Å²) in [4.78, 5) is 11.3. The molecule has 0 heterocycles. The first-order valence-corrected chi connectivity index (χ1v) is 5.70. The van der Waals surface area contributed by atoms with Crippen molar-refractivity contribution in [2.75, 3.05) is 6.54 Å². The normalized spacial score (nSPS) is 18.7. The zero-order valence-electron chi connectivity index (χ0n) is 9.09. The fourth-order valence-corrected chi connectivity index (χ4v) is 1.64. The minimum absolute atomic E-state index is 0.132. The van der Waals surface area contributed by atoms with Crippen molar-refractivity contribution in [3.05, 3.63) is 0 Å². The molecule has 0 saturated heterocycles. The third-order valence-corrected chi connectivity index (χ3v) is 2.93. The lowest BCUT2D eigenvalue weighted by Gasteiger charge is -2.25. The van der Waals surface area contributed by atoms with Crippen LogP contribution in [0.1, 0.15) is 45.4 Å². The van der Waals surface area contributed by atoms with Crippen molar-refractivity contribution < 1.29 is 4.79 Å². The van der Waals surface area contributed by atoms with Crippen LogP contribution in [0.25, 0.3) is 0 Å². The Balaban J connectivity index is 1.91. The molecule has 1 rings (SSSR count). The molecule has 0 aliphatic heterocycles. The van der Waals surface area contributed by atoms with E-state index in [2.05, 4.69) is 5.32 Å². The van der Waals surface area contributed by atoms with Gasteiger partial charge < -0.3 is 11.1 Å². The van der Waals surface area contributed by atoms with Crippen LogP contribution >= 0.6 is 0 Å². The zero-order valence-corrected chi connectivity index (χ0v) is 9.09. The van der Waals surface area contributed by atoms with Gasteiger partial charge in [-0.05, 0) is 25.7 Å². The average molecular weight is 198 g/mol. The van der Waals surface area contributed by atoms with Crippen LogP contribution < -0.4 is 11.1 Å². The summed E-state index contributed by atoms with van der Waals surface area (Å²) < 4.78 is 0. The molecule has 0 aromatic heterocycles. The molecule has 3 N–H and O–H groups in total. The van der Waals surface area contributed by atoms with Gasteiger partial charge in [0, 0.05) is 19.0 Å². The van der Waals surface area contributed by atoms with E-state index in [-0.39, 0.29) is 11.9 Å². The van der Waals surface area contributed by atoms with Gasteiger partial charge in [-0.1, -0.05) is 19.3 Å². The first-order chi connectivity index (χ1) is 6.68. The number of hydrogen-bond acceptors (Lipinski definition) is 2. The molecule has 1 unspecified atom stereocenters. The highest BCUT2D eigenvalue weighted by molar-refractivity contribution is 5.75. The summed E-state index contributed by atoms with van der Waals surface area (Å²) in [6, 6.07) is 0.132. The van der Waals surface area contributed by atoms with Gasteiger partial charge >= 0.3 is 0 Å². The number of carbonyl (C=O) groups excluding carboxylic acids is 1. The van der Waals surface area contributed by atoms with E-state index in [9.17, 15) is 4.79 Å². The maximum absolute atomic E-state index is 11.3.